The number of hydrogen-bond donors (Lipinski definition) is 3. The number of anilines is 1. The van der Waals surface area contributed by atoms with Crippen LogP contribution in [0.5, 0.6) is 5.88 Å². The number of fused-ring (bicyclic) bond motifs is 9. The van der Waals surface area contributed by atoms with Crippen LogP contribution in [0.2, 0.25) is 0 Å². The number of ether oxygens (including phenoxy) is 1. The summed E-state index contributed by atoms with van der Waals surface area (Å²) in [4.78, 5) is 53.2. The molecule has 2 saturated carbocycles. The normalized spacial score (nSPS) is 25.7. The standard InChI is InChI=1S/C38H40F2N8O7S/c1-20(2)30-35(50)48-19-23(17-28(48)33(49)44-38(18-25(38)32(39)40)36(51)47-56(52,53)24-14-15-24)54-34-31(41-26-11-4-5-12-27(26)42-34)22-10-7-9-21(16-22)8-3-6-13-29-45-46-37(43-30)55-29/h3-5,7-12,16,20,23-25,28,30,32H,6,13-15,17-19H2,1-2H3,(H,43,46)(H,44,49)(H,47,51)/b8-3+/t23-,25+,28+,30+,38-/m1/s1. The molecule has 4 heterocycles. The minimum absolute atomic E-state index is 0.00372. The van der Waals surface area contributed by atoms with Gasteiger partial charge in [0.1, 0.15) is 29.4 Å². The Kier molecular flexibility index (Phi) is 9.70. The fourth-order valence-electron chi connectivity index (χ4n) is 7.28. The first kappa shape index (κ1) is 37.4. The number of alkyl halides is 2. The maximum atomic E-state index is 14.5. The van der Waals surface area contributed by atoms with Crippen molar-refractivity contribution in [1.82, 2.24) is 35.1 Å². The molecule has 18 heteroatoms. The van der Waals surface area contributed by atoms with Crippen LogP contribution in [0, 0.1) is 11.8 Å². The zero-order chi connectivity index (χ0) is 39.4. The van der Waals surface area contributed by atoms with Crippen LogP contribution in [0.3, 0.4) is 0 Å². The summed E-state index contributed by atoms with van der Waals surface area (Å²) >= 11 is 0. The molecule has 294 valence electrons. The number of aryl methyl sites for hydroxylation is 1. The quantitative estimate of drug-likeness (QED) is 0.245. The van der Waals surface area contributed by atoms with Crippen LogP contribution in [0.15, 0.2) is 59.0 Å². The van der Waals surface area contributed by atoms with Gasteiger partial charge >= 0.3 is 6.01 Å². The molecule has 2 aliphatic carbocycles. The van der Waals surface area contributed by atoms with Gasteiger partial charge in [0.15, 0.2) is 0 Å². The van der Waals surface area contributed by atoms with E-state index in [0.717, 1.165) is 5.56 Å². The van der Waals surface area contributed by atoms with Gasteiger partial charge in [-0.25, -0.2) is 27.2 Å². The average molecular weight is 791 g/mol. The van der Waals surface area contributed by atoms with Crippen molar-refractivity contribution in [3.8, 4) is 17.1 Å². The highest BCUT2D eigenvalue weighted by atomic mass is 32.2. The van der Waals surface area contributed by atoms with Gasteiger partial charge in [-0.15, -0.1) is 5.10 Å². The van der Waals surface area contributed by atoms with E-state index in [1.54, 1.807) is 19.9 Å². The molecule has 0 unspecified atom stereocenters. The number of benzene rings is 2. The summed E-state index contributed by atoms with van der Waals surface area (Å²) in [6, 6.07) is 12.6. The van der Waals surface area contributed by atoms with Crippen LogP contribution in [0.1, 0.15) is 57.4 Å². The minimum Gasteiger partial charge on any atom is -0.471 e. The van der Waals surface area contributed by atoms with Gasteiger partial charge in [0.2, 0.25) is 40.0 Å². The lowest BCUT2D eigenvalue weighted by Crippen LogP contribution is -2.58. The van der Waals surface area contributed by atoms with Gasteiger partial charge in [0.25, 0.3) is 5.91 Å². The second-order valence-electron chi connectivity index (χ2n) is 15.1. The molecule has 8 rings (SSSR count). The third-order valence-electron chi connectivity index (χ3n) is 10.6. The maximum Gasteiger partial charge on any atom is 0.316 e. The van der Waals surface area contributed by atoms with E-state index < -0.39 is 75.5 Å². The van der Waals surface area contributed by atoms with Gasteiger partial charge in [-0.2, -0.15) is 0 Å². The fourth-order valence-corrected chi connectivity index (χ4v) is 8.64. The summed E-state index contributed by atoms with van der Waals surface area (Å²) in [5.41, 5.74) is 0.971. The predicted molar refractivity (Wildman–Crippen MR) is 198 cm³/mol. The third-order valence-corrected chi connectivity index (χ3v) is 12.4. The van der Waals surface area contributed by atoms with E-state index in [2.05, 4.69) is 20.8 Å². The first-order chi connectivity index (χ1) is 26.8. The molecule has 6 bridgehead atoms. The lowest BCUT2D eigenvalue weighted by Gasteiger charge is -2.31. The number of nitrogens with zero attached hydrogens (tertiary/aromatic N) is 5. The molecule has 3 fully saturated rings. The van der Waals surface area contributed by atoms with Crippen LogP contribution >= 0.6 is 0 Å². The Hall–Kier alpha value is -5.52. The number of hydrogen-bond acceptors (Lipinski definition) is 12. The van der Waals surface area contributed by atoms with Crippen molar-refractivity contribution in [3.63, 3.8) is 0 Å². The molecule has 3 amide bonds. The molecule has 1 saturated heterocycles. The van der Waals surface area contributed by atoms with Crippen LogP contribution in [0.4, 0.5) is 14.8 Å². The van der Waals surface area contributed by atoms with E-state index in [4.69, 9.17) is 19.1 Å². The van der Waals surface area contributed by atoms with Crippen LogP contribution in [-0.4, -0.2) is 93.2 Å². The Labute approximate surface area is 320 Å². The Bertz CT molecular complexity index is 2330. The molecule has 2 aliphatic heterocycles. The zero-order valence-electron chi connectivity index (χ0n) is 30.5. The van der Waals surface area contributed by atoms with Crippen molar-refractivity contribution in [2.24, 2.45) is 11.8 Å². The van der Waals surface area contributed by atoms with Gasteiger partial charge in [-0.3, -0.25) is 19.1 Å². The number of halogens is 2. The van der Waals surface area contributed by atoms with Gasteiger partial charge in [-0.1, -0.05) is 61.4 Å². The number of amides is 3. The largest absolute Gasteiger partial charge is 0.471 e. The number of allylic oxidation sites excluding steroid dienone is 1. The van der Waals surface area contributed by atoms with E-state index in [-0.39, 0.29) is 30.8 Å². The van der Waals surface area contributed by atoms with Crippen molar-refractivity contribution in [3.05, 3.63) is 66.1 Å². The fraction of sp³-hybridized carbons (Fsp3) is 0.447. The molecule has 2 aromatic heterocycles. The van der Waals surface area contributed by atoms with Crippen molar-refractivity contribution >= 4 is 50.9 Å². The molecule has 4 aliphatic rings. The molecular formula is C38H40F2N8O7S. The second-order valence-corrected chi connectivity index (χ2v) is 17.0. The monoisotopic (exact) mass is 790 g/mol. The van der Waals surface area contributed by atoms with Gasteiger partial charge in [0.05, 0.1) is 28.7 Å². The van der Waals surface area contributed by atoms with Gasteiger partial charge in [-0.05, 0) is 55.4 Å². The minimum atomic E-state index is -4.12. The highest BCUT2D eigenvalue weighted by Crippen LogP contribution is 2.48. The van der Waals surface area contributed by atoms with E-state index in [9.17, 15) is 31.6 Å². The van der Waals surface area contributed by atoms with Gasteiger partial charge in [0, 0.05) is 18.4 Å². The number of sulfonamides is 1. The van der Waals surface area contributed by atoms with Crippen molar-refractivity contribution < 1.29 is 40.7 Å². The molecule has 3 N–H and O–H groups in total. The maximum absolute atomic E-state index is 14.5. The summed E-state index contributed by atoms with van der Waals surface area (Å²) in [7, 11) is -4.12. The van der Waals surface area contributed by atoms with E-state index in [1.165, 1.54) is 4.90 Å². The summed E-state index contributed by atoms with van der Waals surface area (Å²) < 4.78 is 68.0. The number of para-hydroxylation sites is 2. The molecular weight excluding hydrogens is 751 g/mol. The molecule has 15 nitrogen and oxygen atoms in total. The van der Waals surface area contributed by atoms with Crippen molar-refractivity contribution in [2.45, 2.75) is 87.8 Å². The molecule has 2 aromatic carbocycles. The summed E-state index contributed by atoms with van der Waals surface area (Å²) in [6.07, 6.45) is 1.11. The summed E-state index contributed by atoms with van der Waals surface area (Å²) in [5.74, 6) is -4.23. The van der Waals surface area contributed by atoms with E-state index in [1.807, 2.05) is 59.3 Å². The summed E-state index contributed by atoms with van der Waals surface area (Å²) in [6.45, 7) is 3.43. The zero-order valence-corrected chi connectivity index (χ0v) is 31.3. The first-order valence-electron chi connectivity index (χ1n) is 18.6. The van der Waals surface area contributed by atoms with Gasteiger partial charge < -0.3 is 24.7 Å². The Morgan fingerprint density at radius 3 is 2.54 bits per heavy atom. The third kappa shape index (κ3) is 7.41. The smallest absolute Gasteiger partial charge is 0.316 e. The van der Waals surface area contributed by atoms with Crippen LogP contribution in [-0.2, 0) is 30.8 Å². The highest BCUT2D eigenvalue weighted by molar-refractivity contribution is 7.91. The van der Waals surface area contributed by atoms with Crippen LogP contribution < -0.4 is 20.1 Å². The number of rotatable bonds is 7. The Balaban J connectivity index is 1.17. The SMILES string of the molecule is CC(C)[C@@H]1Nc2nnc(o2)CC/C=C/c2cccc(c2)-c2nc3ccccc3nc2O[C@@H]2C[C@@H](C(=O)N[C@]3(C(=O)NS(=O)(=O)C4CC4)C[C@H]3C(F)F)N(C2)C1=O. The molecule has 56 heavy (non-hydrogen) atoms. The second kappa shape index (κ2) is 14.5. The number of nitrogens with one attached hydrogen (secondary N) is 3. The first-order valence-corrected chi connectivity index (χ1v) is 20.1. The molecule has 0 spiro atoms. The lowest BCUT2D eigenvalue weighted by atomic mass is 10.0. The van der Waals surface area contributed by atoms with E-state index in [0.29, 0.717) is 53.9 Å². The van der Waals surface area contributed by atoms with E-state index >= 15 is 0 Å². The lowest BCUT2D eigenvalue weighted by molar-refractivity contribution is -0.141. The Morgan fingerprint density at radius 1 is 1.05 bits per heavy atom. The molecule has 5 atom stereocenters. The summed E-state index contributed by atoms with van der Waals surface area (Å²) in [5, 5.41) is 12.9. The number of aromatic nitrogens is 4. The predicted octanol–water partition coefficient (Wildman–Crippen LogP) is 3.87. The topological polar surface area (TPSA) is 199 Å². The highest BCUT2D eigenvalue weighted by Gasteiger charge is 2.66. The van der Waals surface area contributed by atoms with Crippen LogP contribution in [0.25, 0.3) is 28.4 Å². The number of carbonyl (C=O) groups excluding carboxylic acids is 3. The molecule has 4 aromatic rings. The average Bonchev–Trinajstić information content (AvgIpc) is 4.07. The molecule has 0 radical (unpaired) electrons. The van der Waals surface area contributed by atoms with Crippen molar-refractivity contribution in [1.29, 1.82) is 0 Å². The number of carbonyl (C=O) groups is 3. The Morgan fingerprint density at radius 2 is 1.82 bits per heavy atom. The van der Waals surface area contributed by atoms with Crippen molar-refractivity contribution in [2.75, 3.05) is 11.9 Å².